The Morgan fingerprint density at radius 3 is 2.71 bits per heavy atom. The molecule has 0 bridgehead atoms. The molecule has 0 radical (unpaired) electrons. The maximum absolute atomic E-state index is 5.61. The molecule has 0 saturated heterocycles. The third kappa shape index (κ3) is 3.29. The van der Waals surface area contributed by atoms with Crippen molar-refractivity contribution in [1.82, 2.24) is 15.5 Å². The minimum atomic E-state index is 0.221. The SMILES string of the molecule is CNCc1ccc(OCc2nnc(-c3ccco3)o2)cc1. The molecule has 0 fully saturated rings. The average Bonchev–Trinajstić information content (AvgIpc) is 3.18. The van der Waals surface area contributed by atoms with Crippen molar-refractivity contribution in [3.05, 3.63) is 54.1 Å². The molecule has 0 aliphatic rings. The molecule has 0 unspecified atom stereocenters. The number of rotatable bonds is 6. The summed E-state index contributed by atoms with van der Waals surface area (Å²) in [7, 11) is 1.91. The lowest BCUT2D eigenvalue weighted by molar-refractivity contribution is 0.263. The van der Waals surface area contributed by atoms with Crippen molar-refractivity contribution in [2.75, 3.05) is 7.05 Å². The molecule has 6 heteroatoms. The highest BCUT2D eigenvalue weighted by molar-refractivity contribution is 5.42. The molecule has 6 nitrogen and oxygen atoms in total. The van der Waals surface area contributed by atoms with Crippen molar-refractivity contribution in [2.24, 2.45) is 0 Å². The van der Waals surface area contributed by atoms with Crippen molar-refractivity contribution in [3.8, 4) is 17.4 Å². The zero-order chi connectivity index (χ0) is 14.5. The highest BCUT2D eigenvalue weighted by Gasteiger charge is 2.11. The summed E-state index contributed by atoms with van der Waals surface area (Å²) < 4.78 is 16.3. The van der Waals surface area contributed by atoms with E-state index in [1.165, 1.54) is 5.56 Å². The van der Waals surface area contributed by atoms with Gasteiger partial charge in [0.05, 0.1) is 6.26 Å². The summed E-state index contributed by atoms with van der Waals surface area (Å²) >= 11 is 0. The summed E-state index contributed by atoms with van der Waals surface area (Å²) in [5, 5.41) is 10.9. The largest absolute Gasteiger partial charge is 0.484 e. The number of furan rings is 1. The van der Waals surface area contributed by atoms with Crippen LogP contribution in [0, 0.1) is 0 Å². The number of aromatic nitrogens is 2. The van der Waals surface area contributed by atoms with E-state index in [0.29, 0.717) is 17.5 Å². The molecule has 0 spiro atoms. The van der Waals surface area contributed by atoms with Crippen LogP contribution in [0.25, 0.3) is 11.7 Å². The van der Waals surface area contributed by atoms with Gasteiger partial charge in [-0.2, -0.15) is 0 Å². The predicted octanol–water partition coefficient (Wildman–Crippen LogP) is 2.63. The summed E-state index contributed by atoms with van der Waals surface area (Å²) in [4.78, 5) is 0. The monoisotopic (exact) mass is 285 g/mol. The number of hydrogen-bond donors (Lipinski definition) is 1. The molecule has 1 aromatic carbocycles. The molecular weight excluding hydrogens is 270 g/mol. The first-order valence-corrected chi connectivity index (χ1v) is 6.58. The number of nitrogens with one attached hydrogen (secondary N) is 1. The Kier molecular flexibility index (Phi) is 3.97. The topological polar surface area (TPSA) is 73.3 Å². The van der Waals surface area contributed by atoms with Crippen LogP contribution in [0.15, 0.2) is 51.5 Å². The van der Waals surface area contributed by atoms with Gasteiger partial charge in [-0.15, -0.1) is 10.2 Å². The highest BCUT2D eigenvalue weighted by atomic mass is 16.5. The Labute approximate surface area is 121 Å². The van der Waals surface area contributed by atoms with Gasteiger partial charge in [0.15, 0.2) is 12.4 Å². The van der Waals surface area contributed by atoms with E-state index in [4.69, 9.17) is 13.6 Å². The zero-order valence-electron chi connectivity index (χ0n) is 11.6. The van der Waals surface area contributed by atoms with E-state index >= 15 is 0 Å². The molecule has 0 aliphatic heterocycles. The Morgan fingerprint density at radius 1 is 1.14 bits per heavy atom. The van der Waals surface area contributed by atoms with Crippen molar-refractivity contribution in [1.29, 1.82) is 0 Å². The average molecular weight is 285 g/mol. The summed E-state index contributed by atoms with van der Waals surface area (Å²) in [6.07, 6.45) is 1.56. The molecule has 3 aromatic rings. The lowest BCUT2D eigenvalue weighted by Crippen LogP contribution is -2.04. The van der Waals surface area contributed by atoms with Gasteiger partial charge in [0.1, 0.15) is 5.75 Å². The Bertz CT molecular complexity index is 675. The predicted molar refractivity (Wildman–Crippen MR) is 75.5 cm³/mol. The van der Waals surface area contributed by atoms with Crippen LogP contribution < -0.4 is 10.1 Å². The minimum Gasteiger partial charge on any atom is -0.484 e. The fraction of sp³-hybridized carbons (Fsp3) is 0.200. The standard InChI is InChI=1S/C15H15N3O3/c1-16-9-11-4-6-12(7-5-11)20-10-14-17-18-15(21-14)13-3-2-8-19-13/h2-8,16H,9-10H2,1H3. The van der Waals surface area contributed by atoms with Crippen LogP contribution in [0.5, 0.6) is 5.75 Å². The van der Waals surface area contributed by atoms with E-state index in [-0.39, 0.29) is 6.61 Å². The third-order valence-electron chi connectivity index (χ3n) is 2.87. The van der Waals surface area contributed by atoms with Gasteiger partial charge in [-0.25, -0.2) is 0 Å². The normalized spacial score (nSPS) is 10.7. The van der Waals surface area contributed by atoms with E-state index in [0.717, 1.165) is 12.3 Å². The van der Waals surface area contributed by atoms with Gasteiger partial charge in [0.2, 0.25) is 0 Å². The van der Waals surface area contributed by atoms with Gasteiger partial charge in [0.25, 0.3) is 11.8 Å². The van der Waals surface area contributed by atoms with Gasteiger partial charge in [0, 0.05) is 6.54 Å². The Morgan fingerprint density at radius 2 is 2.00 bits per heavy atom. The van der Waals surface area contributed by atoms with Crippen molar-refractivity contribution >= 4 is 0 Å². The van der Waals surface area contributed by atoms with Crippen molar-refractivity contribution in [3.63, 3.8) is 0 Å². The first-order chi connectivity index (χ1) is 10.3. The van der Waals surface area contributed by atoms with E-state index in [1.807, 2.05) is 31.3 Å². The molecule has 2 aromatic heterocycles. The van der Waals surface area contributed by atoms with Gasteiger partial charge in [-0.3, -0.25) is 0 Å². The summed E-state index contributed by atoms with van der Waals surface area (Å²) in [6.45, 7) is 1.05. The van der Waals surface area contributed by atoms with Gasteiger partial charge < -0.3 is 18.9 Å². The van der Waals surface area contributed by atoms with Gasteiger partial charge in [-0.05, 0) is 36.9 Å². The quantitative estimate of drug-likeness (QED) is 0.750. The molecule has 3 rings (SSSR count). The maximum atomic E-state index is 5.61. The van der Waals surface area contributed by atoms with E-state index in [2.05, 4.69) is 15.5 Å². The van der Waals surface area contributed by atoms with Crippen LogP contribution >= 0.6 is 0 Å². The molecule has 0 amide bonds. The number of benzene rings is 1. The molecule has 1 N–H and O–H groups in total. The van der Waals surface area contributed by atoms with Crippen molar-refractivity contribution in [2.45, 2.75) is 13.2 Å². The third-order valence-corrected chi connectivity index (χ3v) is 2.87. The highest BCUT2D eigenvalue weighted by Crippen LogP contribution is 2.19. The second-order valence-corrected chi connectivity index (χ2v) is 4.44. The van der Waals surface area contributed by atoms with Crippen LogP contribution in [-0.2, 0) is 13.2 Å². The summed E-state index contributed by atoms with van der Waals surface area (Å²) in [5.41, 5.74) is 1.20. The van der Waals surface area contributed by atoms with Crippen LogP contribution in [0.1, 0.15) is 11.5 Å². The van der Waals surface area contributed by atoms with Gasteiger partial charge >= 0.3 is 0 Å². The Balaban J connectivity index is 1.60. The number of nitrogens with zero attached hydrogens (tertiary/aromatic N) is 2. The first kappa shape index (κ1) is 13.4. The molecule has 0 atom stereocenters. The molecule has 21 heavy (non-hydrogen) atoms. The zero-order valence-corrected chi connectivity index (χ0v) is 11.6. The molecular formula is C15H15N3O3. The van der Waals surface area contributed by atoms with Crippen LogP contribution in [0.3, 0.4) is 0 Å². The lowest BCUT2D eigenvalue weighted by Gasteiger charge is -2.04. The van der Waals surface area contributed by atoms with Crippen LogP contribution in [-0.4, -0.2) is 17.2 Å². The lowest BCUT2D eigenvalue weighted by atomic mass is 10.2. The van der Waals surface area contributed by atoms with E-state index in [9.17, 15) is 0 Å². The van der Waals surface area contributed by atoms with Crippen LogP contribution in [0.4, 0.5) is 0 Å². The fourth-order valence-corrected chi connectivity index (χ4v) is 1.86. The number of ether oxygens (including phenoxy) is 1. The smallest absolute Gasteiger partial charge is 0.283 e. The van der Waals surface area contributed by atoms with E-state index in [1.54, 1.807) is 18.4 Å². The second kappa shape index (κ2) is 6.23. The van der Waals surface area contributed by atoms with E-state index < -0.39 is 0 Å². The van der Waals surface area contributed by atoms with Crippen LogP contribution in [0.2, 0.25) is 0 Å². The second-order valence-electron chi connectivity index (χ2n) is 4.44. The first-order valence-electron chi connectivity index (χ1n) is 6.58. The molecule has 108 valence electrons. The minimum absolute atomic E-state index is 0.221. The summed E-state index contributed by atoms with van der Waals surface area (Å²) in [6, 6.07) is 11.4. The molecule has 2 heterocycles. The summed E-state index contributed by atoms with van der Waals surface area (Å²) in [5.74, 6) is 2.06. The molecule has 0 aliphatic carbocycles. The fourth-order valence-electron chi connectivity index (χ4n) is 1.86. The number of hydrogen-bond acceptors (Lipinski definition) is 6. The Hall–Kier alpha value is -2.60. The maximum Gasteiger partial charge on any atom is 0.283 e. The van der Waals surface area contributed by atoms with Gasteiger partial charge in [-0.1, -0.05) is 12.1 Å². The molecule has 0 saturated carbocycles. The van der Waals surface area contributed by atoms with Crippen molar-refractivity contribution < 1.29 is 13.6 Å².